The van der Waals surface area contributed by atoms with Crippen LogP contribution in [0.4, 0.5) is 10.6 Å². The normalized spacial score (nSPS) is 11.3. The molecular weight excluding hydrogens is 262 g/mol. The Hall–Kier alpha value is -1.81. The van der Waals surface area contributed by atoms with Crippen molar-refractivity contribution in [2.75, 3.05) is 4.72 Å². The van der Waals surface area contributed by atoms with Gasteiger partial charge in [0, 0.05) is 12.1 Å². The molecule has 0 aliphatic carbocycles. The molecule has 1 rings (SSSR count). The number of nitrogens with one attached hydrogen (secondary N) is 3. The summed E-state index contributed by atoms with van der Waals surface area (Å²) in [6.07, 6.45) is -0.108. The van der Waals surface area contributed by atoms with Crippen molar-refractivity contribution >= 4 is 22.1 Å². The third-order valence-corrected chi connectivity index (χ3v) is 2.64. The Morgan fingerprint density at radius 2 is 2.28 bits per heavy atom. The van der Waals surface area contributed by atoms with Crippen molar-refractivity contribution in [3.8, 4) is 0 Å². The number of rotatable bonds is 5. The number of hydrogen-bond acceptors (Lipinski definition) is 6. The van der Waals surface area contributed by atoms with Crippen LogP contribution in [0.25, 0.3) is 0 Å². The summed E-state index contributed by atoms with van der Waals surface area (Å²) in [6.45, 7) is 3.30. The summed E-state index contributed by atoms with van der Waals surface area (Å²) in [5.74, 6) is 0.0994. The van der Waals surface area contributed by atoms with Crippen LogP contribution in [0, 0.1) is 0 Å². The highest BCUT2D eigenvalue weighted by molar-refractivity contribution is 7.91. The highest BCUT2D eigenvalue weighted by Crippen LogP contribution is 2.10. The van der Waals surface area contributed by atoms with Gasteiger partial charge in [-0.2, -0.15) is 13.5 Å². The van der Waals surface area contributed by atoms with E-state index in [9.17, 15) is 13.2 Å². The first kappa shape index (κ1) is 14.3. The van der Waals surface area contributed by atoms with Crippen molar-refractivity contribution in [2.24, 2.45) is 5.73 Å². The molecule has 18 heavy (non-hydrogen) atoms. The van der Waals surface area contributed by atoms with Gasteiger partial charge in [-0.1, -0.05) is 0 Å². The molecule has 0 aromatic carbocycles. The number of hydrogen-bond donors (Lipinski definition) is 4. The fraction of sp³-hybridized carbons (Fsp3) is 0.500. The number of anilines is 1. The third kappa shape index (κ3) is 4.22. The van der Waals surface area contributed by atoms with Crippen LogP contribution in [0.5, 0.6) is 0 Å². The number of aromatic nitrogens is 2. The Morgan fingerprint density at radius 1 is 1.61 bits per heavy atom. The van der Waals surface area contributed by atoms with E-state index < -0.39 is 22.4 Å². The number of aromatic amines is 1. The van der Waals surface area contributed by atoms with E-state index in [0.29, 0.717) is 5.56 Å². The lowest BCUT2D eigenvalue weighted by Gasteiger charge is -2.11. The molecule has 0 saturated carbocycles. The predicted octanol–water partition coefficient (Wildman–Crippen LogP) is -0.340. The molecular formula is C8H15N5O4S. The minimum absolute atomic E-state index is 0.0994. The Balaban J connectivity index is 2.68. The van der Waals surface area contributed by atoms with E-state index in [4.69, 9.17) is 5.73 Å². The lowest BCUT2D eigenvalue weighted by molar-refractivity contribution is 0.121. The monoisotopic (exact) mass is 277 g/mol. The van der Waals surface area contributed by atoms with Gasteiger partial charge in [0.05, 0.1) is 12.3 Å². The van der Waals surface area contributed by atoms with Crippen molar-refractivity contribution in [1.82, 2.24) is 14.9 Å². The minimum atomic E-state index is -4.08. The molecule has 0 bridgehead atoms. The topological polar surface area (TPSA) is 139 Å². The van der Waals surface area contributed by atoms with Crippen molar-refractivity contribution in [3.63, 3.8) is 0 Å². The van der Waals surface area contributed by atoms with Crippen molar-refractivity contribution in [3.05, 3.63) is 11.8 Å². The molecule has 9 nitrogen and oxygen atoms in total. The van der Waals surface area contributed by atoms with Crippen LogP contribution in [0.2, 0.25) is 0 Å². The zero-order chi connectivity index (χ0) is 13.8. The maximum atomic E-state index is 11.5. The van der Waals surface area contributed by atoms with Crippen LogP contribution in [-0.2, 0) is 21.5 Å². The summed E-state index contributed by atoms with van der Waals surface area (Å²) < 4.78 is 31.5. The Bertz CT molecular complexity index is 509. The van der Waals surface area contributed by atoms with E-state index in [-0.39, 0.29) is 12.4 Å². The lowest BCUT2D eigenvalue weighted by atomic mass is 10.3. The van der Waals surface area contributed by atoms with Gasteiger partial charge >= 0.3 is 16.3 Å². The van der Waals surface area contributed by atoms with E-state index in [1.54, 1.807) is 18.6 Å². The van der Waals surface area contributed by atoms with Crippen molar-refractivity contribution < 1.29 is 17.9 Å². The van der Waals surface area contributed by atoms with Crippen LogP contribution in [0.3, 0.4) is 0 Å². The first-order valence-electron chi connectivity index (χ1n) is 5.07. The van der Waals surface area contributed by atoms with Crippen LogP contribution in [-0.4, -0.2) is 30.8 Å². The molecule has 0 aliphatic heterocycles. The summed E-state index contributed by atoms with van der Waals surface area (Å²) in [5.41, 5.74) is 5.84. The van der Waals surface area contributed by atoms with Gasteiger partial charge in [0.25, 0.3) is 0 Å². The number of amides is 1. The molecule has 0 spiro atoms. The minimum Gasteiger partial charge on any atom is -0.446 e. The molecule has 1 aromatic heterocycles. The lowest BCUT2D eigenvalue weighted by Crippen LogP contribution is -2.37. The largest absolute Gasteiger partial charge is 0.446 e. The van der Waals surface area contributed by atoms with Gasteiger partial charge in [0.1, 0.15) is 5.82 Å². The predicted molar refractivity (Wildman–Crippen MR) is 63.8 cm³/mol. The van der Waals surface area contributed by atoms with Gasteiger partial charge in [-0.3, -0.25) is 9.82 Å². The van der Waals surface area contributed by atoms with Crippen LogP contribution in [0.1, 0.15) is 19.4 Å². The maximum Gasteiger partial charge on any atom is 0.422 e. The average Bonchev–Trinajstić information content (AvgIpc) is 2.61. The van der Waals surface area contributed by atoms with Gasteiger partial charge in [-0.05, 0) is 13.8 Å². The zero-order valence-electron chi connectivity index (χ0n) is 9.93. The SMILES string of the molecule is CC(C)OC(=O)NS(=O)(=O)Nc1[nH]ncc1CN. The fourth-order valence-electron chi connectivity index (χ4n) is 1.06. The summed E-state index contributed by atoms with van der Waals surface area (Å²) in [4.78, 5) is 11.1. The second kappa shape index (κ2) is 5.69. The molecule has 0 radical (unpaired) electrons. The number of carbonyl (C=O) groups excluding carboxylic acids is 1. The quantitative estimate of drug-likeness (QED) is 0.580. The first-order valence-corrected chi connectivity index (χ1v) is 6.56. The van der Waals surface area contributed by atoms with Crippen molar-refractivity contribution in [2.45, 2.75) is 26.5 Å². The van der Waals surface area contributed by atoms with Gasteiger partial charge < -0.3 is 10.5 Å². The van der Waals surface area contributed by atoms with E-state index in [1.165, 1.54) is 6.20 Å². The standard InChI is InChI=1S/C8H15N5O4S/c1-5(2)17-8(14)13-18(15,16)12-7-6(3-9)4-10-11-7/h4-5H,3,9H2,1-2H3,(H,13,14)(H2,10,11,12). The molecule has 0 fully saturated rings. The number of nitrogens with zero attached hydrogens (tertiary/aromatic N) is 1. The van der Waals surface area contributed by atoms with Gasteiger partial charge in [0.15, 0.2) is 0 Å². The van der Waals surface area contributed by atoms with E-state index >= 15 is 0 Å². The van der Waals surface area contributed by atoms with Crippen LogP contribution < -0.4 is 15.2 Å². The maximum absolute atomic E-state index is 11.5. The molecule has 5 N–H and O–H groups in total. The molecule has 1 heterocycles. The summed E-state index contributed by atoms with van der Waals surface area (Å²) in [5, 5.41) is 6.04. The second-order valence-corrected chi connectivity index (χ2v) is 5.05. The van der Waals surface area contributed by atoms with Crippen LogP contribution >= 0.6 is 0 Å². The number of ether oxygens (including phenoxy) is 1. The summed E-state index contributed by atoms with van der Waals surface area (Å²) >= 11 is 0. The van der Waals surface area contributed by atoms with E-state index in [1.807, 2.05) is 0 Å². The third-order valence-electron chi connectivity index (χ3n) is 1.73. The summed E-state index contributed by atoms with van der Waals surface area (Å²) in [7, 11) is -4.08. The second-order valence-electron chi connectivity index (χ2n) is 3.64. The highest BCUT2D eigenvalue weighted by Gasteiger charge is 2.18. The molecule has 0 atom stereocenters. The van der Waals surface area contributed by atoms with Gasteiger partial charge in [0.2, 0.25) is 0 Å². The smallest absolute Gasteiger partial charge is 0.422 e. The van der Waals surface area contributed by atoms with E-state index in [2.05, 4.69) is 19.7 Å². The summed E-state index contributed by atoms with van der Waals surface area (Å²) in [6, 6.07) is 0. The Labute approximate surface area is 104 Å². The molecule has 1 aromatic rings. The molecule has 0 aliphatic rings. The van der Waals surface area contributed by atoms with E-state index in [0.717, 1.165) is 0 Å². The molecule has 10 heteroatoms. The number of nitrogens with two attached hydrogens (primary N) is 1. The van der Waals surface area contributed by atoms with Gasteiger partial charge in [-0.15, -0.1) is 0 Å². The highest BCUT2D eigenvalue weighted by atomic mass is 32.2. The first-order chi connectivity index (χ1) is 8.34. The molecule has 0 unspecified atom stereocenters. The molecule has 1 amide bonds. The average molecular weight is 277 g/mol. The fourth-order valence-corrected chi connectivity index (χ4v) is 1.83. The van der Waals surface area contributed by atoms with Gasteiger partial charge in [-0.25, -0.2) is 9.52 Å². The molecule has 0 saturated heterocycles. The Morgan fingerprint density at radius 3 is 2.83 bits per heavy atom. The zero-order valence-corrected chi connectivity index (χ0v) is 10.7. The molecule has 102 valence electrons. The number of carbonyl (C=O) groups is 1. The van der Waals surface area contributed by atoms with Crippen molar-refractivity contribution in [1.29, 1.82) is 0 Å². The van der Waals surface area contributed by atoms with Crippen LogP contribution in [0.15, 0.2) is 6.20 Å². The number of H-pyrrole nitrogens is 1. The Kier molecular flexibility index (Phi) is 4.50.